The van der Waals surface area contributed by atoms with Crippen LogP contribution in [0, 0.1) is 40.4 Å². The molecule has 6 atom stereocenters. The van der Waals surface area contributed by atoms with Crippen LogP contribution in [0.2, 0.25) is 0 Å². The Labute approximate surface area is 176 Å². The van der Waals surface area contributed by atoms with Crippen LogP contribution in [-0.4, -0.2) is 24.7 Å². The Kier molecular flexibility index (Phi) is 5.04. The molecule has 0 spiro atoms. The van der Waals surface area contributed by atoms with E-state index in [4.69, 9.17) is 0 Å². The number of carbonyl (C=O) groups excluding carboxylic acids is 2. The zero-order chi connectivity index (χ0) is 20.2. The molecule has 0 aromatic rings. The van der Waals surface area contributed by atoms with Gasteiger partial charge in [0, 0.05) is 30.7 Å². The van der Waals surface area contributed by atoms with Crippen LogP contribution in [-0.2, 0) is 9.59 Å². The van der Waals surface area contributed by atoms with Crippen LogP contribution in [0.15, 0.2) is 11.6 Å². The first-order chi connectivity index (χ1) is 13.9. The summed E-state index contributed by atoms with van der Waals surface area (Å²) in [6.07, 6.45) is 14.8. The van der Waals surface area contributed by atoms with Gasteiger partial charge in [0.25, 0.3) is 0 Å². The lowest BCUT2D eigenvalue weighted by molar-refractivity contribution is -0.133. The molecule has 0 aromatic carbocycles. The third-order valence-electron chi connectivity index (χ3n) is 10.1. The Morgan fingerprint density at radius 3 is 2.55 bits per heavy atom. The zero-order valence-corrected chi connectivity index (χ0v) is 18.5. The molecule has 5 aliphatic rings. The van der Waals surface area contributed by atoms with E-state index in [0.29, 0.717) is 35.7 Å². The molecule has 0 amide bonds. The summed E-state index contributed by atoms with van der Waals surface area (Å²) in [6, 6.07) is 0. The van der Waals surface area contributed by atoms with E-state index in [9.17, 15) is 9.59 Å². The lowest BCUT2D eigenvalue weighted by atomic mass is 9.47. The molecular formula is C26H39NO2. The molecule has 4 fully saturated rings. The minimum Gasteiger partial charge on any atom is -0.316 e. The van der Waals surface area contributed by atoms with Crippen LogP contribution >= 0.6 is 0 Å². The average Bonchev–Trinajstić information content (AvgIpc) is 3.31. The summed E-state index contributed by atoms with van der Waals surface area (Å²) in [5.41, 5.74) is 1.54. The summed E-state index contributed by atoms with van der Waals surface area (Å²) in [5.74, 6) is 3.87. The van der Waals surface area contributed by atoms with E-state index in [0.717, 1.165) is 51.1 Å². The summed E-state index contributed by atoms with van der Waals surface area (Å²) >= 11 is 0. The normalized spacial score (nSPS) is 45.0. The zero-order valence-electron chi connectivity index (χ0n) is 18.5. The number of nitrogens with one attached hydrogen (secondary N) is 1. The minimum absolute atomic E-state index is 0.0599. The maximum absolute atomic E-state index is 12.9. The van der Waals surface area contributed by atoms with Gasteiger partial charge in [-0.25, -0.2) is 0 Å². The van der Waals surface area contributed by atoms with E-state index >= 15 is 0 Å². The van der Waals surface area contributed by atoms with Crippen LogP contribution in [0.4, 0.5) is 0 Å². The quantitative estimate of drug-likeness (QED) is 0.672. The van der Waals surface area contributed by atoms with Crippen molar-refractivity contribution >= 4 is 11.6 Å². The third-order valence-corrected chi connectivity index (χ3v) is 10.1. The van der Waals surface area contributed by atoms with Crippen molar-refractivity contribution in [3.8, 4) is 0 Å². The molecule has 6 unspecified atom stereocenters. The minimum atomic E-state index is -0.0599. The Bertz CT molecular complexity index is 720. The molecule has 0 radical (unpaired) electrons. The Morgan fingerprint density at radius 1 is 1.00 bits per heavy atom. The molecule has 160 valence electrons. The van der Waals surface area contributed by atoms with Gasteiger partial charge in [0.15, 0.2) is 0 Å². The highest BCUT2D eigenvalue weighted by atomic mass is 16.1. The molecule has 0 aromatic heterocycles. The maximum Gasteiger partial charge on any atom is 0.141 e. The fraction of sp³-hybridized carbons (Fsp3) is 0.846. The maximum atomic E-state index is 12.9. The number of Topliss-reactive ketones (excluding diaryl/α,β-unsaturated/α-hetero) is 2. The van der Waals surface area contributed by atoms with Crippen molar-refractivity contribution in [2.45, 2.75) is 84.5 Å². The summed E-state index contributed by atoms with van der Waals surface area (Å²) in [6.45, 7) is 6.68. The first-order valence-electron chi connectivity index (χ1n) is 12.4. The van der Waals surface area contributed by atoms with E-state index in [1.54, 1.807) is 0 Å². The molecule has 4 saturated carbocycles. The van der Waals surface area contributed by atoms with Crippen molar-refractivity contribution in [1.82, 2.24) is 5.32 Å². The molecular weight excluding hydrogens is 358 g/mol. The molecule has 3 heteroatoms. The van der Waals surface area contributed by atoms with Crippen LogP contribution < -0.4 is 5.32 Å². The predicted molar refractivity (Wildman–Crippen MR) is 115 cm³/mol. The van der Waals surface area contributed by atoms with Crippen LogP contribution in [0.3, 0.4) is 0 Å². The number of carbonyl (C=O) groups is 2. The van der Waals surface area contributed by atoms with Crippen LogP contribution in [0.5, 0.6) is 0 Å². The number of hydrogen-bond donors (Lipinski definition) is 1. The van der Waals surface area contributed by atoms with Gasteiger partial charge in [0.05, 0.1) is 0 Å². The van der Waals surface area contributed by atoms with Gasteiger partial charge in [-0.05, 0) is 80.6 Å². The lowest BCUT2D eigenvalue weighted by Gasteiger charge is -2.57. The fourth-order valence-electron chi connectivity index (χ4n) is 8.30. The Balaban J connectivity index is 1.31. The summed E-state index contributed by atoms with van der Waals surface area (Å²) in [7, 11) is 0. The van der Waals surface area contributed by atoms with Gasteiger partial charge in [-0.3, -0.25) is 9.59 Å². The lowest BCUT2D eigenvalue weighted by Crippen LogP contribution is -2.52. The molecule has 0 saturated heterocycles. The predicted octanol–water partition coefficient (Wildman–Crippen LogP) is 5.09. The summed E-state index contributed by atoms with van der Waals surface area (Å²) in [4.78, 5) is 25.6. The average molecular weight is 398 g/mol. The molecule has 29 heavy (non-hydrogen) atoms. The van der Waals surface area contributed by atoms with Gasteiger partial charge in [-0.15, -0.1) is 0 Å². The molecule has 3 nitrogen and oxygen atoms in total. The number of allylic oxidation sites excluding steroid dienone is 2. The molecule has 5 rings (SSSR count). The van der Waals surface area contributed by atoms with Gasteiger partial charge in [-0.1, -0.05) is 38.3 Å². The Hall–Kier alpha value is -0.960. The topological polar surface area (TPSA) is 46.2 Å². The van der Waals surface area contributed by atoms with E-state index < -0.39 is 0 Å². The molecule has 0 bridgehead atoms. The van der Waals surface area contributed by atoms with Gasteiger partial charge in [0.1, 0.15) is 11.6 Å². The largest absolute Gasteiger partial charge is 0.316 e. The van der Waals surface area contributed by atoms with Crippen LogP contribution in [0.1, 0.15) is 84.5 Å². The monoisotopic (exact) mass is 397 g/mol. The van der Waals surface area contributed by atoms with Crippen molar-refractivity contribution in [2.75, 3.05) is 13.1 Å². The smallest absolute Gasteiger partial charge is 0.141 e. The van der Waals surface area contributed by atoms with Crippen molar-refractivity contribution in [3.05, 3.63) is 11.6 Å². The van der Waals surface area contributed by atoms with Gasteiger partial charge in [0.2, 0.25) is 0 Å². The standard InChI is InChI=1S/C26H39NO2/c1-25-12-11-22-20(21(25)9-10-24(25)29)8-7-19-13-23(28)18(14-26(19,22)2)16-27-15-17-5-3-4-6-17/h7,17-18,20-22,27H,3-6,8-16H2,1-2H3. The highest BCUT2D eigenvalue weighted by Gasteiger charge is 2.59. The number of rotatable bonds is 4. The number of fused-ring (bicyclic) bond motifs is 5. The van der Waals surface area contributed by atoms with E-state index in [1.165, 1.54) is 37.7 Å². The van der Waals surface area contributed by atoms with Crippen LogP contribution in [0.25, 0.3) is 0 Å². The van der Waals surface area contributed by atoms with E-state index in [1.807, 2.05) is 0 Å². The molecule has 1 N–H and O–H groups in total. The first kappa shape index (κ1) is 20.0. The molecule has 0 aliphatic heterocycles. The third kappa shape index (κ3) is 3.18. The second-order valence-electron chi connectivity index (χ2n) is 11.5. The fourth-order valence-corrected chi connectivity index (χ4v) is 8.30. The first-order valence-corrected chi connectivity index (χ1v) is 12.4. The second kappa shape index (κ2) is 7.32. The molecule has 0 heterocycles. The van der Waals surface area contributed by atoms with E-state index in [2.05, 4.69) is 25.2 Å². The summed E-state index contributed by atoms with van der Waals surface area (Å²) < 4.78 is 0. The number of ketones is 2. The molecule has 5 aliphatic carbocycles. The van der Waals surface area contributed by atoms with Gasteiger partial charge in [-0.2, -0.15) is 0 Å². The van der Waals surface area contributed by atoms with Crippen molar-refractivity contribution in [2.24, 2.45) is 40.4 Å². The van der Waals surface area contributed by atoms with Crippen molar-refractivity contribution in [3.63, 3.8) is 0 Å². The second-order valence-corrected chi connectivity index (χ2v) is 11.5. The Morgan fingerprint density at radius 2 is 1.76 bits per heavy atom. The van der Waals surface area contributed by atoms with Gasteiger partial charge >= 0.3 is 0 Å². The summed E-state index contributed by atoms with van der Waals surface area (Å²) in [5, 5.41) is 3.68. The van der Waals surface area contributed by atoms with Crippen molar-refractivity contribution in [1.29, 1.82) is 0 Å². The SMILES string of the molecule is CC12CCC3C(CC=C4CC(=O)C(CNCC5CCCC5)CC43C)C1CCC2=O. The van der Waals surface area contributed by atoms with Gasteiger partial charge < -0.3 is 5.32 Å². The number of hydrogen-bond acceptors (Lipinski definition) is 3. The highest BCUT2D eigenvalue weighted by molar-refractivity contribution is 5.87. The van der Waals surface area contributed by atoms with Crippen molar-refractivity contribution < 1.29 is 9.59 Å². The highest BCUT2D eigenvalue weighted by Crippen LogP contribution is 2.64. The van der Waals surface area contributed by atoms with E-state index in [-0.39, 0.29) is 16.7 Å².